The third-order valence-corrected chi connectivity index (χ3v) is 0.319. The lowest BCUT2D eigenvalue weighted by molar-refractivity contribution is -0.632. The van der Waals surface area contributed by atoms with Crippen LogP contribution in [0, 0.1) is 5.21 Å². The van der Waals surface area contributed by atoms with Crippen molar-refractivity contribution in [2.24, 2.45) is 5.73 Å². The summed E-state index contributed by atoms with van der Waals surface area (Å²) >= 11 is 4.23. The monoisotopic (exact) mass is 107 g/mol. The molecule has 5 N–H and O–H groups in total. The summed E-state index contributed by atoms with van der Waals surface area (Å²) in [7, 11) is 0. The van der Waals surface area contributed by atoms with Crippen molar-refractivity contribution in [2.75, 3.05) is 0 Å². The number of rotatable bonds is 1. The quantitative estimate of drug-likeness (QED) is 0.202. The Bertz CT molecular complexity index is 54.8. The molecular formula is CH5N3OS. The molecular weight excluding hydrogens is 102 g/mol. The minimum atomic E-state index is 0.00463. The molecule has 0 unspecified atom stereocenters. The van der Waals surface area contributed by atoms with Crippen LogP contribution in [0.5, 0.6) is 0 Å². The van der Waals surface area contributed by atoms with Crippen LogP contribution >= 0.6 is 12.2 Å². The third-order valence-electron chi connectivity index (χ3n) is 0.201. The van der Waals surface area contributed by atoms with E-state index in [1.165, 1.54) is 0 Å². The van der Waals surface area contributed by atoms with Gasteiger partial charge in [0, 0.05) is 0 Å². The van der Waals surface area contributed by atoms with Gasteiger partial charge in [0.05, 0.1) is 0 Å². The second-order valence-electron chi connectivity index (χ2n) is 0.626. The topological polar surface area (TPSA) is 77.7 Å². The Balaban J connectivity index is 2.83. The maximum atomic E-state index is 9.34. The lowest BCUT2D eigenvalue weighted by atomic mass is 11.2. The molecule has 0 saturated carbocycles. The van der Waals surface area contributed by atoms with Gasteiger partial charge in [0.25, 0.3) is 0 Å². The minimum absolute atomic E-state index is 0.00463. The molecule has 0 aromatic carbocycles. The molecule has 0 aromatic rings. The largest absolute Gasteiger partial charge is 0.609 e. The van der Waals surface area contributed by atoms with Gasteiger partial charge in [-0.2, -0.15) is 0 Å². The number of hydrogen-bond acceptors (Lipinski definition) is 2. The van der Waals surface area contributed by atoms with E-state index in [-0.39, 0.29) is 5.11 Å². The second kappa shape index (κ2) is 2.83. The maximum absolute atomic E-state index is 9.34. The van der Waals surface area contributed by atoms with Crippen LogP contribution < -0.4 is 16.7 Å². The summed E-state index contributed by atoms with van der Waals surface area (Å²) in [6.45, 7) is 0. The standard InChI is InChI=1S/CH5N3OS/c2-1(6)3-4-5/h4H2,(H3,2,3,6). The Morgan fingerprint density at radius 1 is 2.00 bits per heavy atom. The van der Waals surface area contributed by atoms with Crippen molar-refractivity contribution in [3.8, 4) is 0 Å². The fourth-order valence-corrected chi connectivity index (χ4v) is 0.106. The van der Waals surface area contributed by atoms with Gasteiger partial charge in [-0.15, -0.1) is 0 Å². The first-order chi connectivity index (χ1) is 2.77. The van der Waals surface area contributed by atoms with E-state index in [1.54, 1.807) is 0 Å². The highest BCUT2D eigenvalue weighted by Crippen LogP contribution is 1.39. The molecule has 0 spiro atoms. The Hall–Kier alpha value is -0.390. The van der Waals surface area contributed by atoms with Crippen LogP contribution in [0.2, 0.25) is 0 Å². The SMILES string of the molecule is NC(=S)N[NH2+][O-]. The van der Waals surface area contributed by atoms with Gasteiger partial charge in [-0.3, -0.25) is 5.59 Å². The van der Waals surface area contributed by atoms with Crippen molar-refractivity contribution in [1.29, 1.82) is 0 Å². The zero-order chi connectivity index (χ0) is 4.99. The van der Waals surface area contributed by atoms with Crippen LogP contribution in [0.25, 0.3) is 0 Å². The summed E-state index contributed by atoms with van der Waals surface area (Å²) in [5, 5.41) is 9.34. The van der Waals surface area contributed by atoms with Crippen LogP contribution in [0.1, 0.15) is 0 Å². The normalized spacial score (nSPS) is 7.50. The van der Waals surface area contributed by atoms with Gasteiger partial charge in [-0.1, -0.05) is 0 Å². The Morgan fingerprint density at radius 3 is 2.50 bits per heavy atom. The van der Waals surface area contributed by atoms with Crippen molar-refractivity contribution in [3.05, 3.63) is 5.21 Å². The first-order valence-corrected chi connectivity index (χ1v) is 1.68. The van der Waals surface area contributed by atoms with Crippen LogP contribution in [-0.4, -0.2) is 5.11 Å². The van der Waals surface area contributed by atoms with Crippen LogP contribution in [0.15, 0.2) is 0 Å². The molecule has 0 fully saturated rings. The van der Waals surface area contributed by atoms with E-state index in [0.29, 0.717) is 5.59 Å². The average molecular weight is 107 g/mol. The Morgan fingerprint density at radius 2 is 2.50 bits per heavy atom. The molecule has 0 atom stereocenters. The number of nitrogens with one attached hydrogen (secondary N) is 1. The fourth-order valence-electron chi connectivity index (χ4n) is 0.0581. The maximum Gasteiger partial charge on any atom is 0.211 e. The molecule has 0 radical (unpaired) electrons. The van der Waals surface area contributed by atoms with E-state index in [4.69, 9.17) is 5.73 Å². The number of quaternary nitrogens is 1. The molecule has 0 bridgehead atoms. The van der Waals surface area contributed by atoms with Gasteiger partial charge in [0.15, 0.2) is 0 Å². The molecule has 0 aliphatic heterocycles. The predicted molar refractivity (Wildman–Crippen MR) is 25.2 cm³/mol. The Labute approximate surface area is 40.3 Å². The van der Waals surface area contributed by atoms with Crippen LogP contribution in [-0.2, 0) is 0 Å². The van der Waals surface area contributed by atoms with Crippen molar-refractivity contribution in [3.63, 3.8) is 0 Å². The van der Waals surface area contributed by atoms with Crippen molar-refractivity contribution in [1.82, 2.24) is 5.43 Å². The zero-order valence-electron chi connectivity index (χ0n) is 2.97. The molecule has 6 heavy (non-hydrogen) atoms. The van der Waals surface area contributed by atoms with Crippen LogP contribution in [0.4, 0.5) is 0 Å². The molecule has 0 saturated heterocycles. The molecule has 0 aliphatic carbocycles. The first kappa shape index (κ1) is 5.61. The molecule has 0 aromatic heterocycles. The van der Waals surface area contributed by atoms with Crippen LogP contribution in [0.3, 0.4) is 0 Å². The van der Waals surface area contributed by atoms with Gasteiger partial charge in [-0.25, -0.2) is 5.43 Å². The molecule has 4 nitrogen and oxygen atoms in total. The van der Waals surface area contributed by atoms with Gasteiger partial charge in [0.2, 0.25) is 5.11 Å². The van der Waals surface area contributed by atoms with E-state index < -0.39 is 0 Å². The average Bonchev–Trinajstić information content (AvgIpc) is 1.35. The summed E-state index contributed by atoms with van der Waals surface area (Å²) in [4.78, 5) is 0. The predicted octanol–water partition coefficient (Wildman–Crippen LogP) is -2.20. The van der Waals surface area contributed by atoms with E-state index in [9.17, 15) is 5.21 Å². The molecule has 0 amide bonds. The first-order valence-electron chi connectivity index (χ1n) is 1.27. The van der Waals surface area contributed by atoms with Gasteiger partial charge in [-0.05, 0) is 12.2 Å². The van der Waals surface area contributed by atoms with E-state index >= 15 is 0 Å². The lowest BCUT2D eigenvalue weighted by Crippen LogP contribution is -2.89. The van der Waals surface area contributed by atoms with E-state index in [1.807, 2.05) is 5.43 Å². The van der Waals surface area contributed by atoms with Gasteiger partial charge >= 0.3 is 0 Å². The summed E-state index contributed by atoms with van der Waals surface area (Å²) in [6, 6.07) is 0. The smallest absolute Gasteiger partial charge is 0.211 e. The highest BCUT2D eigenvalue weighted by atomic mass is 32.1. The van der Waals surface area contributed by atoms with E-state index in [2.05, 4.69) is 12.2 Å². The third kappa shape index (κ3) is 3.61. The van der Waals surface area contributed by atoms with Gasteiger partial charge in [0.1, 0.15) is 0 Å². The summed E-state index contributed by atoms with van der Waals surface area (Å²) in [5.74, 6) is 0. The Kier molecular flexibility index (Phi) is 2.64. The minimum Gasteiger partial charge on any atom is -0.609 e. The number of nitrogens with two attached hydrogens (primary N) is 2. The molecule has 5 heteroatoms. The van der Waals surface area contributed by atoms with E-state index in [0.717, 1.165) is 0 Å². The molecule has 0 heterocycles. The van der Waals surface area contributed by atoms with Crippen molar-refractivity contribution >= 4 is 17.3 Å². The second-order valence-corrected chi connectivity index (χ2v) is 1.07. The molecule has 0 rings (SSSR count). The van der Waals surface area contributed by atoms with Crippen molar-refractivity contribution in [2.45, 2.75) is 0 Å². The van der Waals surface area contributed by atoms with Gasteiger partial charge < -0.3 is 10.9 Å². The summed E-state index contributed by atoms with van der Waals surface area (Å²) in [6.07, 6.45) is 0. The highest BCUT2D eigenvalue weighted by molar-refractivity contribution is 7.80. The summed E-state index contributed by atoms with van der Waals surface area (Å²) in [5.41, 5.74) is 7.26. The summed E-state index contributed by atoms with van der Waals surface area (Å²) < 4.78 is 0. The lowest BCUT2D eigenvalue weighted by Gasteiger charge is -1.99. The highest BCUT2D eigenvalue weighted by Gasteiger charge is 1.73. The fraction of sp³-hybridized carbons (Fsp3) is 0. The number of thiocarbonyl (C=S) groups is 1. The zero-order valence-corrected chi connectivity index (χ0v) is 3.79. The molecule has 0 aliphatic rings. The molecule has 36 valence electrons. The number of hydrogen-bond donors (Lipinski definition) is 3. The van der Waals surface area contributed by atoms with Crippen molar-refractivity contribution < 1.29 is 5.59 Å².